The molecule has 0 aromatic heterocycles. The van der Waals surface area contributed by atoms with Crippen LogP contribution in [0.4, 0.5) is 10.1 Å². The van der Waals surface area contributed by atoms with Crippen LogP contribution in [0.15, 0.2) is 23.1 Å². The van der Waals surface area contributed by atoms with Gasteiger partial charge in [-0.3, -0.25) is 4.21 Å². The maximum absolute atomic E-state index is 12.9. The van der Waals surface area contributed by atoms with E-state index in [2.05, 4.69) is 4.72 Å². The standard InChI is InChI=1S/C9H13FN2O3S2/c1-16(13)5-4-12-17(14,15)9-6-7(10)2-3-8(9)11/h2-3,6,12H,4-5,11H2,1H3. The topological polar surface area (TPSA) is 89.3 Å². The normalized spacial score (nSPS) is 13.5. The van der Waals surface area contributed by atoms with E-state index < -0.39 is 26.6 Å². The van der Waals surface area contributed by atoms with Crippen molar-refractivity contribution >= 4 is 26.5 Å². The van der Waals surface area contributed by atoms with Gasteiger partial charge in [0.15, 0.2) is 0 Å². The Balaban J connectivity index is 2.89. The van der Waals surface area contributed by atoms with Crippen LogP contribution in [0, 0.1) is 5.82 Å². The van der Waals surface area contributed by atoms with Crippen molar-refractivity contribution in [2.24, 2.45) is 0 Å². The van der Waals surface area contributed by atoms with Crippen LogP contribution in [0.3, 0.4) is 0 Å². The van der Waals surface area contributed by atoms with Gasteiger partial charge in [-0.1, -0.05) is 0 Å². The Hall–Kier alpha value is -0.990. The summed E-state index contributed by atoms with van der Waals surface area (Å²) in [5, 5.41) is 0. The van der Waals surface area contributed by atoms with Gasteiger partial charge < -0.3 is 5.73 Å². The number of nitrogens with two attached hydrogens (primary N) is 1. The summed E-state index contributed by atoms with van der Waals surface area (Å²) in [5.74, 6) is -0.493. The van der Waals surface area contributed by atoms with Gasteiger partial charge in [0.05, 0.1) is 5.69 Å². The van der Waals surface area contributed by atoms with Crippen molar-refractivity contribution in [3.8, 4) is 0 Å². The number of anilines is 1. The molecule has 0 saturated heterocycles. The summed E-state index contributed by atoms with van der Waals surface area (Å²) in [6.07, 6.45) is 1.46. The molecular formula is C9H13FN2O3S2. The summed E-state index contributed by atoms with van der Waals surface area (Å²) < 4.78 is 49.4. The van der Waals surface area contributed by atoms with E-state index >= 15 is 0 Å². The summed E-state index contributed by atoms with van der Waals surface area (Å²) in [4.78, 5) is -0.306. The molecule has 3 N–H and O–H groups in total. The predicted octanol–water partition coefficient (Wildman–Crippen LogP) is 0.0647. The molecule has 0 fully saturated rings. The molecule has 1 aromatic rings. The lowest BCUT2D eigenvalue weighted by molar-refractivity contribution is 0.580. The highest BCUT2D eigenvalue weighted by Crippen LogP contribution is 2.18. The van der Waals surface area contributed by atoms with Crippen LogP contribution in [0.1, 0.15) is 0 Å². The molecule has 0 heterocycles. The smallest absolute Gasteiger partial charge is 0.242 e. The van der Waals surface area contributed by atoms with Gasteiger partial charge in [-0.2, -0.15) is 0 Å². The number of rotatable bonds is 5. The Labute approximate surface area is 102 Å². The molecular weight excluding hydrogens is 267 g/mol. The van der Waals surface area contributed by atoms with E-state index in [9.17, 15) is 17.0 Å². The van der Waals surface area contributed by atoms with Gasteiger partial charge >= 0.3 is 0 Å². The van der Waals surface area contributed by atoms with Crippen molar-refractivity contribution in [3.05, 3.63) is 24.0 Å². The predicted molar refractivity (Wildman–Crippen MR) is 64.9 cm³/mol. The van der Waals surface area contributed by atoms with Gasteiger partial charge in [0.25, 0.3) is 0 Å². The Morgan fingerprint density at radius 2 is 2.12 bits per heavy atom. The zero-order valence-corrected chi connectivity index (χ0v) is 10.8. The molecule has 0 bridgehead atoms. The average molecular weight is 280 g/mol. The van der Waals surface area contributed by atoms with Crippen LogP contribution in [0.25, 0.3) is 0 Å². The van der Waals surface area contributed by atoms with Crippen LogP contribution < -0.4 is 10.5 Å². The highest BCUT2D eigenvalue weighted by atomic mass is 32.2. The van der Waals surface area contributed by atoms with Gasteiger partial charge in [0.1, 0.15) is 10.7 Å². The molecule has 0 aliphatic rings. The van der Waals surface area contributed by atoms with Crippen molar-refractivity contribution < 1.29 is 17.0 Å². The fourth-order valence-corrected chi connectivity index (χ4v) is 2.83. The quantitative estimate of drug-likeness (QED) is 0.747. The second-order valence-corrected chi connectivity index (χ2v) is 6.65. The molecule has 0 spiro atoms. The number of halogens is 1. The molecule has 96 valence electrons. The third-order valence-electron chi connectivity index (χ3n) is 1.95. The molecule has 0 aliphatic carbocycles. The minimum Gasteiger partial charge on any atom is -0.398 e. The largest absolute Gasteiger partial charge is 0.398 e. The first kappa shape index (κ1) is 14.1. The lowest BCUT2D eigenvalue weighted by atomic mass is 10.3. The van der Waals surface area contributed by atoms with Crippen molar-refractivity contribution in [1.29, 1.82) is 0 Å². The van der Waals surface area contributed by atoms with Crippen LogP contribution in [-0.2, 0) is 20.8 Å². The molecule has 17 heavy (non-hydrogen) atoms. The third-order valence-corrected chi connectivity index (χ3v) is 4.24. The molecule has 1 aromatic carbocycles. The molecule has 1 rings (SSSR count). The summed E-state index contributed by atoms with van der Waals surface area (Å²) in [5.41, 5.74) is 5.43. The Bertz CT molecular complexity index is 531. The summed E-state index contributed by atoms with van der Waals surface area (Å²) in [7, 11) is -4.96. The van der Waals surface area contributed by atoms with E-state index in [4.69, 9.17) is 5.73 Å². The third kappa shape index (κ3) is 4.06. The molecule has 5 nitrogen and oxygen atoms in total. The maximum Gasteiger partial charge on any atom is 0.242 e. The number of nitrogen functional groups attached to an aromatic ring is 1. The van der Waals surface area contributed by atoms with Gasteiger partial charge in [-0.25, -0.2) is 17.5 Å². The Kier molecular flexibility index (Phi) is 4.61. The van der Waals surface area contributed by atoms with Crippen LogP contribution in [-0.4, -0.2) is 31.2 Å². The Morgan fingerprint density at radius 1 is 1.47 bits per heavy atom. The van der Waals surface area contributed by atoms with E-state index in [1.165, 1.54) is 12.3 Å². The molecule has 0 saturated carbocycles. The number of benzene rings is 1. The fourth-order valence-electron chi connectivity index (χ4n) is 1.14. The first-order valence-corrected chi connectivity index (χ1v) is 7.88. The second-order valence-electron chi connectivity index (χ2n) is 3.36. The number of nitrogens with one attached hydrogen (secondary N) is 1. The SMILES string of the molecule is CS(=O)CCNS(=O)(=O)c1cc(F)ccc1N. The first-order valence-electron chi connectivity index (χ1n) is 4.67. The lowest BCUT2D eigenvalue weighted by Gasteiger charge is -2.08. The molecule has 8 heteroatoms. The zero-order chi connectivity index (χ0) is 13.1. The minimum atomic E-state index is -3.86. The number of hydrogen-bond donors (Lipinski definition) is 2. The van der Waals surface area contributed by atoms with Gasteiger partial charge in [0.2, 0.25) is 10.0 Å². The van der Waals surface area contributed by atoms with E-state index in [1.54, 1.807) is 0 Å². The van der Waals surface area contributed by atoms with Crippen LogP contribution in [0.2, 0.25) is 0 Å². The average Bonchev–Trinajstić information content (AvgIpc) is 2.20. The monoisotopic (exact) mass is 280 g/mol. The van der Waals surface area contributed by atoms with Gasteiger partial charge in [0, 0.05) is 29.4 Å². The fraction of sp³-hybridized carbons (Fsp3) is 0.333. The van der Waals surface area contributed by atoms with Crippen LogP contribution >= 0.6 is 0 Å². The number of hydrogen-bond acceptors (Lipinski definition) is 4. The molecule has 0 amide bonds. The van der Waals surface area contributed by atoms with Gasteiger partial charge in [-0.15, -0.1) is 0 Å². The summed E-state index contributed by atoms with van der Waals surface area (Å²) in [6.45, 7) is 0.0153. The Morgan fingerprint density at radius 3 is 2.71 bits per heavy atom. The zero-order valence-electron chi connectivity index (χ0n) is 9.14. The minimum absolute atomic E-state index is 0.0153. The second kappa shape index (κ2) is 5.56. The molecule has 1 atom stereocenters. The van der Waals surface area contributed by atoms with Crippen molar-refractivity contribution in [2.75, 3.05) is 24.3 Å². The van der Waals surface area contributed by atoms with E-state index in [-0.39, 0.29) is 22.9 Å². The van der Waals surface area contributed by atoms with Gasteiger partial charge in [-0.05, 0) is 18.2 Å². The van der Waals surface area contributed by atoms with E-state index in [0.717, 1.165) is 12.1 Å². The summed E-state index contributed by atoms with van der Waals surface area (Å²) >= 11 is 0. The molecule has 0 radical (unpaired) electrons. The van der Waals surface area contributed by atoms with Crippen molar-refractivity contribution in [2.45, 2.75) is 4.90 Å². The number of sulfonamides is 1. The van der Waals surface area contributed by atoms with E-state index in [1.807, 2.05) is 0 Å². The highest BCUT2D eigenvalue weighted by molar-refractivity contribution is 7.89. The van der Waals surface area contributed by atoms with E-state index in [0.29, 0.717) is 0 Å². The maximum atomic E-state index is 12.9. The molecule has 1 unspecified atom stereocenters. The van der Waals surface area contributed by atoms with Crippen molar-refractivity contribution in [1.82, 2.24) is 4.72 Å². The van der Waals surface area contributed by atoms with Crippen LogP contribution in [0.5, 0.6) is 0 Å². The summed E-state index contributed by atoms with van der Waals surface area (Å²) in [6, 6.07) is 3.11. The first-order chi connectivity index (χ1) is 7.83. The van der Waals surface area contributed by atoms with Crippen molar-refractivity contribution in [3.63, 3.8) is 0 Å². The lowest BCUT2D eigenvalue weighted by Crippen LogP contribution is -2.28. The molecule has 0 aliphatic heterocycles. The highest BCUT2D eigenvalue weighted by Gasteiger charge is 2.17.